The monoisotopic (exact) mass is 249 g/mol. The number of hydrogen-bond acceptors (Lipinski definition) is 4. The van der Waals surface area contributed by atoms with Crippen molar-refractivity contribution in [1.29, 1.82) is 0 Å². The third-order valence-electron chi connectivity index (χ3n) is 3.74. The second-order valence-corrected chi connectivity index (χ2v) is 5.24. The molecule has 2 rings (SSSR count). The number of aliphatic hydroxyl groups excluding tert-OH is 1. The summed E-state index contributed by atoms with van der Waals surface area (Å²) >= 11 is 0. The van der Waals surface area contributed by atoms with Gasteiger partial charge < -0.3 is 10.0 Å². The van der Waals surface area contributed by atoms with E-state index < -0.39 is 0 Å². The van der Waals surface area contributed by atoms with Crippen molar-refractivity contribution in [3.05, 3.63) is 23.4 Å². The highest BCUT2D eigenvalue weighted by molar-refractivity contribution is 5.43. The minimum atomic E-state index is 0.0697. The van der Waals surface area contributed by atoms with Gasteiger partial charge >= 0.3 is 0 Å². The minimum Gasteiger partial charge on any atom is -0.392 e. The SMILES string of the molecule is Cc1cc(N2CCN(C(C)C)CC2)ncc1CO. The largest absolute Gasteiger partial charge is 0.392 e. The van der Waals surface area contributed by atoms with Crippen molar-refractivity contribution < 1.29 is 5.11 Å². The molecule has 4 heteroatoms. The summed E-state index contributed by atoms with van der Waals surface area (Å²) in [5, 5.41) is 9.16. The van der Waals surface area contributed by atoms with E-state index in [0.29, 0.717) is 6.04 Å². The van der Waals surface area contributed by atoms with Crippen molar-refractivity contribution in [2.45, 2.75) is 33.4 Å². The summed E-state index contributed by atoms with van der Waals surface area (Å²) in [5.41, 5.74) is 2.04. The topological polar surface area (TPSA) is 39.6 Å². The fourth-order valence-electron chi connectivity index (χ4n) is 2.38. The van der Waals surface area contributed by atoms with E-state index in [1.807, 2.05) is 6.92 Å². The summed E-state index contributed by atoms with van der Waals surface area (Å²) in [6.45, 7) is 10.8. The highest BCUT2D eigenvalue weighted by Gasteiger charge is 2.19. The van der Waals surface area contributed by atoms with Gasteiger partial charge in [-0.05, 0) is 38.0 Å². The van der Waals surface area contributed by atoms with Crippen LogP contribution in [-0.4, -0.2) is 47.2 Å². The zero-order valence-electron chi connectivity index (χ0n) is 11.6. The molecule has 0 bridgehead atoms. The lowest BCUT2D eigenvalue weighted by molar-refractivity contribution is 0.209. The molecular weight excluding hydrogens is 226 g/mol. The van der Waals surface area contributed by atoms with Gasteiger partial charge in [0.15, 0.2) is 0 Å². The maximum absolute atomic E-state index is 9.16. The van der Waals surface area contributed by atoms with Crippen LogP contribution in [0.25, 0.3) is 0 Å². The highest BCUT2D eigenvalue weighted by Crippen LogP contribution is 2.18. The molecule has 1 saturated heterocycles. The fourth-order valence-corrected chi connectivity index (χ4v) is 2.38. The molecule has 0 spiro atoms. The van der Waals surface area contributed by atoms with Crippen molar-refractivity contribution in [3.8, 4) is 0 Å². The van der Waals surface area contributed by atoms with Gasteiger partial charge in [-0.15, -0.1) is 0 Å². The number of piperazine rings is 1. The summed E-state index contributed by atoms with van der Waals surface area (Å²) in [4.78, 5) is 9.27. The molecule has 0 aromatic carbocycles. The summed E-state index contributed by atoms with van der Waals surface area (Å²) < 4.78 is 0. The predicted octanol–water partition coefficient (Wildman–Crippen LogP) is 1.41. The van der Waals surface area contributed by atoms with Crippen molar-refractivity contribution in [2.24, 2.45) is 0 Å². The van der Waals surface area contributed by atoms with Crippen LogP contribution in [0.5, 0.6) is 0 Å². The van der Waals surface area contributed by atoms with Gasteiger partial charge in [0, 0.05) is 38.4 Å². The van der Waals surface area contributed by atoms with Gasteiger partial charge in [0.1, 0.15) is 5.82 Å². The standard InChI is InChI=1S/C14H23N3O/c1-11(2)16-4-6-17(7-5-16)14-8-12(3)13(10-18)9-15-14/h8-9,11,18H,4-7,10H2,1-3H3. The Bertz CT molecular complexity index is 398. The Kier molecular flexibility index (Phi) is 4.19. The molecule has 1 fully saturated rings. The maximum atomic E-state index is 9.16. The third kappa shape index (κ3) is 2.82. The number of aryl methyl sites for hydroxylation is 1. The van der Waals surface area contributed by atoms with Crippen molar-refractivity contribution in [1.82, 2.24) is 9.88 Å². The van der Waals surface area contributed by atoms with Crippen LogP contribution >= 0.6 is 0 Å². The van der Waals surface area contributed by atoms with Gasteiger partial charge in [-0.2, -0.15) is 0 Å². The van der Waals surface area contributed by atoms with E-state index in [9.17, 15) is 0 Å². The first-order valence-electron chi connectivity index (χ1n) is 6.67. The lowest BCUT2D eigenvalue weighted by atomic mass is 10.1. The van der Waals surface area contributed by atoms with Crippen LogP contribution in [-0.2, 0) is 6.61 Å². The molecule has 0 amide bonds. The molecule has 0 radical (unpaired) electrons. The van der Waals surface area contributed by atoms with E-state index in [-0.39, 0.29) is 6.61 Å². The first-order valence-corrected chi connectivity index (χ1v) is 6.67. The molecule has 1 aliphatic rings. The number of pyridine rings is 1. The third-order valence-corrected chi connectivity index (χ3v) is 3.74. The van der Waals surface area contributed by atoms with Gasteiger partial charge in [0.25, 0.3) is 0 Å². The van der Waals surface area contributed by atoms with E-state index in [4.69, 9.17) is 5.11 Å². The van der Waals surface area contributed by atoms with Crippen LogP contribution in [0.2, 0.25) is 0 Å². The summed E-state index contributed by atoms with van der Waals surface area (Å²) in [6, 6.07) is 2.70. The number of rotatable bonds is 3. The summed E-state index contributed by atoms with van der Waals surface area (Å²) in [6.07, 6.45) is 1.79. The molecule has 1 aromatic heterocycles. The first-order chi connectivity index (χ1) is 8.61. The Balaban J connectivity index is 2.03. The van der Waals surface area contributed by atoms with E-state index in [0.717, 1.165) is 43.1 Å². The van der Waals surface area contributed by atoms with E-state index in [2.05, 4.69) is 34.7 Å². The molecule has 0 saturated carbocycles. The van der Waals surface area contributed by atoms with Crippen molar-refractivity contribution >= 4 is 5.82 Å². The number of hydrogen-bond donors (Lipinski definition) is 1. The molecule has 0 unspecified atom stereocenters. The van der Waals surface area contributed by atoms with Crippen LogP contribution in [0, 0.1) is 6.92 Å². The summed E-state index contributed by atoms with van der Waals surface area (Å²) in [7, 11) is 0. The molecule has 100 valence electrons. The lowest BCUT2D eigenvalue weighted by Gasteiger charge is -2.37. The molecule has 1 aromatic rings. The van der Waals surface area contributed by atoms with Crippen molar-refractivity contribution in [3.63, 3.8) is 0 Å². The Labute approximate surface area is 109 Å². The Morgan fingerprint density at radius 3 is 2.44 bits per heavy atom. The number of aliphatic hydroxyl groups is 1. The quantitative estimate of drug-likeness (QED) is 0.879. The molecular formula is C14H23N3O. The lowest BCUT2D eigenvalue weighted by Crippen LogP contribution is -2.49. The van der Waals surface area contributed by atoms with Gasteiger partial charge in [-0.1, -0.05) is 0 Å². The molecule has 1 N–H and O–H groups in total. The number of anilines is 1. The Hall–Kier alpha value is -1.13. The molecule has 0 aliphatic carbocycles. The normalized spacial score (nSPS) is 17.5. The van der Waals surface area contributed by atoms with E-state index >= 15 is 0 Å². The predicted molar refractivity (Wildman–Crippen MR) is 73.8 cm³/mol. The Morgan fingerprint density at radius 1 is 1.28 bits per heavy atom. The maximum Gasteiger partial charge on any atom is 0.128 e. The number of aromatic nitrogens is 1. The molecule has 2 heterocycles. The first kappa shape index (κ1) is 13.3. The molecule has 4 nitrogen and oxygen atoms in total. The second-order valence-electron chi connectivity index (χ2n) is 5.24. The fraction of sp³-hybridized carbons (Fsp3) is 0.643. The van der Waals surface area contributed by atoms with Gasteiger partial charge in [0.2, 0.25) is 0 Å². The van der Waals surface area contributed by atoms with Crippen LogP contribution < -0.4 is 4.90 Å². The average molecular weight is 249 g/mol. The Morgan fingerprint density at radius 2 is 1.94 bits per heavy atom. The van der Waals surface area contributed by atoms with Gasteiger partial charge in [-0.3, -0.25) is 4.90 Å². The van der Waals surface area contributed by atoms with Crippen LogP contribution in [0.1, 0.15) is 25.0 Å². The minimum absolute atomic E-state index is 0.0697. The van der Waals surface area contributed by atoms with E-state index in [1.165, 1.54) is 0 Å². The average Bonchev–Trinajstić information content (AvgIpc) is 2.38. The second kappa shape index (κ2) is 5.67. The van der Waals surface area contributed by atoms with Crippen LogP contribution in [0.15, 0.2) is 12.3 Å². The molecule has 1 aliphatic heterocycles. The van der Waals surface area contributed by atoms with Gasteiger partial charge in [-0.25, -0.2) is 4.98 Å². The van der Waals surface area contributed by atoms with Crippen molar-refractivity contribution in [2.75, 3.05) is 31.1 Å². The zero-order valence-corrected chi connectivity index (χ0v) is 11.6. The van der Waals surface area contributed by atoms with Crippen LogP contribution in [0.3, 0.4) is 0 Å². The summed E-state index contributed by atoms with van der Waals surface area (Å²) in [5.74, 6) is 1.04. The molecule has 18 heavy (non-hydrogen) atoms. The van der Waals surface area contributed by atoms with E-state index in [1.54, 1.807) is 6.20 Å². The van der Waals surface area contributed by atoms with Crippen LogP contribution in [0.4, 0.5) is 5.82 Å². The number of nitrogens with zero attached hydrogens (tertiary/aromatic N) is 3. The highest BCUT2D eigenvalue weighted by atomic mass is 16.3. The molecule has 0 atom stereocenters. The zero-order chi connectivity index (χ0) is 13.1. The smallest absolute Gasteiger partial charge is 0.128 e. The van der Waals surface area contributed by atoms with Gasteiger partial charge in [0.05, 0.1) is 6.61 Å².